The molecule has 0 aliphatic heterocycles. The smallest absolute Gasteiger partial charge is 0.306 e. The van der Waals surface area contributed by atoms with E-state index >= 15 is 0 Å². The summed E-state index contributed by atoms with van der Waals surface area (Å²) < 4.78 is 16.8. The van der Waals surface area contributed by atoms with Crippen molar-refractivity contribution in [1.82, 2.24) is 0 Å². The van der Waals surface area contributed by atoms with Gasteiger partial charge in [0.05, 0.1) is 0 Å². The Bertz CT molecular complexity index is 1460. The van der Waals surface area contributed by atoms with Gasteiger partial charge in [-0.2, -0.15) is 0 Å². The summed E-state index contributed by atoms with van der Waals surface area (Å²) >= 11 is 0. The van der Waals surface area contributed by atoms with Gasteiger partial charge < -0.3 is 14.2 Å². The van der Waals surface area contributed by atoms with Crippen molar-refractivity contribution >= 4 is 17.9 Å². The van der Waals surface area contributed by atoms with E-state index in [0.29, 0.717) is 12.8 Å². The number of carbonyl (C=O) groups is 3. The maximum Gasteiger partial charge on any atom is 0.306 e. The number of rotatable bonds is 52. The fraction of sp³-hybridized carbons (Fsp3) is 0.677. The van der Waals surface area contributed by atoms with Crippen LogP contribution in [0.2, 0.25) is 0 Å². The van der Waals surface area contributed by atoms with E-state index in [-0.39, 0.29) is 37.5 Å². The van der Waals surface area contributed by atoms with Crippen LogP contribution < -0.4 is 0 Å². The van der Waals surface area contributed by atoms with Crippen LogP contribution in [0.3, 0.4) is 0 Å². The summed E-state index contributed by atoms with van der Waals surface area (Å²) in [5.41, 5.74) is 0. The molecular weight excluding hydrogens is 877 g/mol. The first-order valence-corrected chi connectivity index (χ1v) is 29.4. The summed E-state index contributed by atoms with van der Waals surface area (Å²) in [5.74, 6) is -0.964. The van der Waals surface area contributed by atoms with Crippen LogP contribution >= 0.6 is 0 Å². The van der Waals surface area contributed by atoms with Crippen LogP contribution in [0.25, 0.3) is 0 Å². The molecule has 6 nitrogen and oxygen atoms in total. The van der Waals surface area contributed by atoms with E-state index in [4.69, 9.17) is 14.2 Å². The van der Waals surface area contributed by atoms with Crippen LogP contribution in [0.15, 0.2) is 109 Å². The Hall–Kier alpha value is -3.93. The Balaban J connectivity index is 4.29. The van der Waals surface area contributed by atoms with E-state index < -0.39 is 6.10 Å². The van der Waals surface area contributed by atoms with E-state index in [0.717, 1.165) is 122 Å². The van der Waals surface area contributed by atoms with Gasteiger partial charge >= 0.3 is 17.9 Å². The number of carbonyl (C=O) groups excluding carboxylic acids is 3. The van der Waals surface area contributed by atoms with Crippen LogP contribution in [0.4, 0.5) is 0 Å². The van der Waals surface area contributed by atoms with Gasteiger partial charge in [-0.15, -0.1) is 0 Å². The largest absolute Gasteiger partial charge is 0.462 e. The number of ether oxygens (including phenoxy) is 3. The molecule has 0 rings (SSSR count). The van der Waals surface area contributed by atoms with Gasteiger partial charge in [0.15, 0.2) is 6.10 Å². The molecule has 404 valence electrons. The highest BCUT2D eigenvalue weighted by Gasteiger charge is 2.19. The third-order valence-electron chi connectivity index (χ3n) is 12.2. The first-order valence-electron chi connectivity index (χ1n) is 29.4. The highest BCUT2D eigenvalue weighted by atomic mass is 16.6. The maximum absolute atomic E-state index is 12.8. The number of esters is 3. The molecule has 0 aromatic carbocycles. The van der Waals surface area contributed by atoms with E-state index in [9.17, 15) is 14.4 Å². The van der Waals surface area contributed by atoms with Crippen molar-refractivity contribution in [2.24, 2.45) is 0 Å². The lowest BCUT2D eigenvalue weighted by molar-refractivity contribution is -0.167. The van der Waals surface area contributed by atoms with Crippen molar-refractivity contribution in [3.8, 4) is 0 Å². The zero-order chi connectivity index (χ0) is 51.4. The molecule has 1 atom stereocenters. The van der Waals surface area contributed by atoms with Gasteiger partial charge in [0.25, 0.3) is 0 Å². The summed E-state index contributed by atoms with van der Waals surface area (Å²) in [5, 5.41) is 0. The topological polar surface area (TPSA) is 78.9 Å². The third-order valence-corrected chi connectivity index (χ3v) is 12.2. The quantitative estimate of drug-likeness (QED) is 0.0261. The van der Waals surface area contributed by atoms with E-state index in [1.807, 2.05) is 0 Å². The number of unbranched alkanes of at least 4 members (excludes halogenated alkanes) is 23. The highest BCUT2D eigenvalue weighted by Crippen LogP contribution is 2.15. The standard InChI is InChI=1S/C65H108O6/c1-4-7-10-13-16-19-22-25-26-27-28-29-30-31-32-33-34-35-36-37-38-41-43-46-49-52-55-58-64(67)70-61-62(71-65(68)59-56-53-50-47-44-40-24-21-18-15-12-9-6-3)60-69-63(66)57-54-51-48-45-42-39-23-20-17-14-11-8-5-2/h8-9,11-12,17-18,20-22,25,27-28,30-31,39-40,42,44,62H,4-7,10,13-16,19,23-24,26,29,32-38,41,43,45-61H2,1-3H3/b11-8-,12-9-,20-17-,21-18-,25-22-,28-27-,31-30-,42-39-,44-40-. The van der Waals surface area contributed by atoms with Crippen LogP contribution in [0.1, 0.15) is 265 Å². The lowest BCUT2D eigenvalue weighted by Crippen LogP contribution is -2.30. The molecule has 0 aromatic rings. The second-order valence-corrected chi connectivity index (χ2v) is 19.1. The predicted octanol–water partition coefficient (Wildman–Crippen LogP) is 19.9. The second kappa shape index (κ2) is 58.6. The Kier molecular flexibility index (Phi) is 55.4. The van der Waals surface area contributed by atoms with Crippen molar-refractivity contribution in [3.05, 3.63) is 109 Å². The molecule has 0 heterocycles. The summed E-state index contributed by atoms with van der Waals surface area (Å²) in [6.45, 7) is 6.35. The normalized spacial score (nSPS) is 12.9. The van der Waals surface area contributed by atoms with E-state index in [1.54, 1.807) is 0 Å². The fourth-order valence-electron chi connectivity index (χ4n) is 7.89. The van der Waals surface area contributed by atoms with Crippen molar-refractivity contribution in [2.75, 3.05) is 13.2 Å². The average molecular weight is 986 g/mol. The van der Waals surface area contributed by atoms with Gasteiger partial charge in [-0.1, -0.05) is 233 Å². The van der Waals surface area contributed by atoms with Crippen molar-refractivity contribution in [2.45, 2.75) is 271 Å². The number of hydrogen-bond donors (Lipinski definition) is 0. The highest BCUT2D eigenvalue weighted by molar-refractivity contribution is 5.71. The molecule has 71 heavy (non-hydrogen) atoms. The van der Waals surface area contributed by atoms with Gasteiger partial charge in [-0.3, -0.25) is 14.4 Å². The summed E-state index contributed by atoms with van der Waals surface area (Å²) in [4.78, 5) is 38.1. The number of allylic oxidation sites excluding steroid dienone is 18. The Morgan fingerprint density at radius 2 is 0.549 bits per heavy atom. The minimum atomic E-state index is -0.808. The number of hydrogen-bond acceptors (Lipinski definition) is 6. The van der Waals surface area contributed by atoms with Gasteiger partial charge in [-0.05, 0) is 122 Å². The second-order valence-electron chi connectivity index (χ2n) is 19.1. The molecule has 0 N–H and O–H groups in total. The SMILES string of the molecule is CC/C=C\C/C=C\C/C=C\CCCCCC(=O)OCC(COC(=O)CCCCCCCCCCCCCC/C=C\C/C=C\C/C=C\CCCCCCC)OC(=O)CCCCC/C=C\C/C=C\C/C=C\CC. The Morgan fingerprint density at radius 3 is 0.873 bits per heavy atom. The predicted molar refractivity (Wildman–Crippen MR) is 307 cm³/mol. The van der Waals surface area contributed by atoms with Gasteiger partial charge in [0.2, 0.25) is 0 Å². The average Bonchev–Trinajstić information content (AvgIpc) is 3.37. The first-order chi connectivity index (χ1) is 35.0. The van der Waals surface area contributed by atoms with Gasteiger partial charge in [-0.25, -0.2) is 0 Å². The molecule has 0 saturated carbocycles. The Morgan fingerprint density at radius 1 is 0.296 bits per heavy atom. The molecule has 0 aromatic heterocycles. The summed E-state index contributed by atoms with van der Waals surface area (Å²) in [7, 11) is 0. The lowest BCUT2D eigenvalue weighted by atomic mass is 10.0. The monoisotopic (exact) mass is 985 g/mol. The molecule has 0 amide bonds. The Labute approximate surface area is 438 Å². The molecular formula is C65H108O6. The molecule has 0 radical (unpaired) electrons. The van der Waals surface area contributed by atoms with Crippen molar-refractivity contribution in [1.29, 1.82) is 0 Å². The minimum Gasteiger partial charge on any atom is -0.462 e. The summed E-state index contributed by atoms with van der Waals surface area (Å²) in [6.07, 6.45) is 79.6. The molecule has 0 spiro atoms. The van der Waals surface area contributed by atoms with Crippen LogP contribution in [-0.2, 0) is 28.6 Å². The zero-order valence-corrected chi connectivity index (χ0v) is 46.2. The minimum absolute atomic E-state index is 0.102. The zero-order valence-electron chi connectivity index (χ0n) is 46.2. The van der Waals surface area contributed by atoms with Crippen LogP contribution in [-0.4, -0.2) is 37.2 Å². The van der Waals surface area contributed by atoms with E-state index in [1.165, 1.54) is 103 Å². The molecule has 0 fully saturated rings. The fourth-order valence-corrected chi connectivity index (χ4v) is 7.89. The first kappa shape index (κ1) is 67.1. The van der Waals surface area contributed by atoms with Crippen molar-refractivity contribution in [3.63, 3.8) is 0 Å². The molecule has 0 aliphatic rings. The summed E-state index contributed by atoms with van der Waals surface area (Å²) in [6, 6.07) is 0. The molecule has 0 saturated heterocycles. The van der Waals surface area contributed by atoms with Crippen LogP contribution in [0, 0.1) is 0 Å². The maximum atomic E-state index is 12.8. The third kappa shape index (κ3) is 56.9. The van der Waals surface area contributed by atoms with Crippen molar-refractivity contribution < 1.29 is 28.6 Å². The molecule has 1 unspecified atom stereocenters. The lowest BCUT2D eigenvalue weighted by Gasteiger charge is -2.18. The molecule has 0 aliphatic carbocycles. The van der Waals surface area contributed by atoms with Gasteiger partial charge in [0.1, 0.15) is 13.2 Å². The van der Waals surface area contributed by atoms with Gasteiger partial charge in [0, 0.05) is 19.3 Å². The molecule has 0 bridgehead atoms. The van der Waals surface area contributed by atoms with E-state index in [2.05, 4.69) is 130 Å². The molecule has 6 heteroatoms. The van der Waals surface area contributed by atoms with Crippen LogP contribution in [0.5, 0.6) is 0 Å².